The number of hydrogen-bond acceptors (Lipinski definition) is 2. The van der Waals surface area contributed by atoms with E-state index < -0.39 is 5.97 Å². The molecule has 0 saturated carbocycles. The normalized spacial score (nSPS) is 11.2. The van der Waals surface area contributed by atoms with Crippen LogP contribution >= 0.6 is 23.2 Å². The summed E-state index contributed by atoms with van der Waals surface area (Å²) < 4.78 is 2.06. The number of benzene rings is 3. The van der Waals surface area contributed by atoms with Gasteiger partial charge in [0.1, 0.15) is 5.82 Å². The van der Waals surface area contributed by atoms with Crippen molar-refractivity contribution in [2.24, 2.45) is 0 Å². The molecular formula is C26H20Cl2N2O2. The third kappa shape index (κ3) is 4.77. The fraction of sp³-hybridized carbons (Fsp3) is 0.0769. The fourth-order valence-corrected chi connectivity index (χ4v) is 3.91. The van der Waals surface area contributed by atoms with Crippen molar-refractivity contribution in [3.8, 4) is 22.4 Å². The van der Waals surface area contributed by atoms with Crippen molar-refractivity contribution in [1.82, 2.24) is 9.55 Å². The predicted octanol–water partition coefficient (Wildman–Crippen LogP) is 7.41. The van der Waals surface area contributed by atoms with Gasteiger partial charge in [0.2, 0.25) is 0 Å². The standard InChI is InChI=1S/C26H20Cl2N2O2/c1-2-30-16-24(22-13-12-21(27)15-23(22)28)29-25(30)14-5-17-3-6-18(7-4-17)19-8-10-20(11-9-19)26(31)32/h3-16H,2H2,1H3,(H,31,32)/b14-5+. The zero-order chi connectivity index (χ0) is 22.7. The van der Waals surface area contributed by atoms with Crippen LogP contribution in [-0.4, -0.2) is 20.6 Å². The van der Waals surface area contributed by atoms with Crippen LogP contribution in [0.25, 0.3) is 34.5 Å². The first-order chi connectivity index (χ1) is 15.4. The van der Waals surface area contributed by atoms with Crippen LogP contribution in [0.5, 0.6) is 0 Å². The number of hydrogen-bond donors (Lipinski definition) is 1. The Bertz CT molecular complexity index is 1290. The summed E-state index contributed by atoms with van der Waals surface area (Å²) in [4.78, 5) is 15.8. The zero-order valence-corrected chi connectivity index (χ0v) is 18.8. The molecule has 1 heterocycles. The van der Waals surface area contributed by atoms with E-state index >= 15 is 0 Å². The Morgan fingerprint density at radius 3 is 2.22 bits per heavy atom. The molecular weight excluding hydrogens is 443 g/mol. The van der Waals surface area contributed by atoms with Gasteiger partial charge >= 0.3 is 5.97 Å². The van der Waals surface area contributed by atoms with Crippen molar-refractivity contribution in [3.63, 3.8) is 0 Å². The lowest BCUT2D eigenvalue weighted by molar-refractivity contribution is 0.0697. The Balaban J connectivity index is 1.55. The van der Waals surface area contributed by atoms with Crippen LogP contribution in [0.1, 0.15) is 28.7 Å². The molecule has 0 spiro atoms. The van der Waals surface area contributed by atoms with E-state index in [0.29, 0.717) is 10.0 Å². The van der Waals surface area contributed by atoms with Gasteiger partial charge in [0.15, 0.2) is 0 Å². The molecule has 0 radical (unpaired) electrons. The zero-order valence-electron chi connectivity index (χ0n) is 17.3. The molecule has 0 unspecified atom stereocenters. The summed E-state index contributed by atoms with van der Waals surface area (Å²) in [7, 11) is 0. The number of imidazole rings is 1. The van der Waals surface area contributed by atoms with Crippen LogP contribution in [0.15, 0.2) is 72.9 Å². The van der Waals surface area contributed by atoms with Crippen LogP contribution < -0.4 is 0 Å². The van der Waals surface area contributed by atoms with Crippen molar-refractivity contribution in [2.75, 3.05) is 0 Å². The second-order valence-corrected chi connectivity index (χ2v) is 8.08. The van der Waals surface area contributed by atoms with Crippen LogP contribution in [0, 0.1) is 0 Å². The first kappa shape index (κ1) is 21.9. The third-order valence-electron chi connectivity index (χ3n) is 5.16. The monoisotopic (exact) mass is 462 g/mol. The summed E-state index contributed by atoms with van der Waals surface area (Å²) in [5.41, 5.74) is 4.95. The predicted molar refractivity (Wildman–Crippen MR) is 131 cm³/mol. The Morgan fingerprint density at radius 2 is 1.62 bits per heavy atom. The molecule has 4 rings (SSSR count). The number of nitrogens with zero attached hydrogens (tertiary/aromatic N) is 2. The molecule has 0 aliphatic rings. The fourth-order valence-electron chi connectivity index (χ4n) is 3.41. The smallest absolute Gasteiger partial charge is 0.335 e. The van der Waals surface area contributed by atoms with Crippen molar-refractivity contribution in [2.45, 2.75) is 13.5 Å². The quantitative estimate of drug-likeness (QED) is 0.324. The maximum atomic E-state index is 11.0. The van der Waals surface area contributed by atoms with Gasteiger partial charge in [-0.05, 0) is 60.0 Å². The highest BCUT2D eigenvalue weighted by atomic mass is 35.5. The van der Waals surface area contributed by atoms with Gasteiger partial charge in [-0.25, -0.2) is 9.78 Å². The van der Waals surface area contributed by atoms with Crippen molar-refractivity contribution < 1.29 is 9.90 Å². The largest absolute Gasteiger partial charge is 0.478 e. The van der Waals surface area contributed by atoms with Crippen molar-refractivity contribution >= 4 is 41.3 Å². The van der Waals surface area contributed by atoms with E-state index in [9.17, 15) is 4.79 Å². The second kappa shape index (κ2) is 9.43. The summed E-state index contributed by atoms with van der Waals surface area (Å²) in [6.07, 6.45) is 5.98. The molecule has 0 saturated heterocycles. The van der Waals surface area contributed by atoms with E-state index in [0.717, 1.165) is 40.3 Å². The molecule has 0 amide bonds. The van der Waals surface area contributed by atoms with Gasteiger partial charge in [-0.1, -0.05) is 65.7 Å². The van der Waals surface area contributed by atoms with Gasteiger partial charge in [0.05, 0.1) is 16.3 Å². The van der Waals surface area contributed by atoms with E-state index in [2.05, 4.69) is 11.5 Å². The Labute approximate surface area is 196 Å². The molecule has 1 aromatic heterocycles. The summed E-state index contributed by atoms with van der Waals surface area (Å²) in [6.45, 7) is 2.85. The number of carboxylic acids is 1. The topological polar surface area (TPSA) is 55.1 Å². The lowest BCUT2D eigenvalue weighted by Gasteiger charge is -2.03. The Kier molecular flexibility index (Phi) is 6.45. The van der Waals surface area contributed by atoms with Gasteiger partial charge < -0.3 is 9.67 Å². The highest BCUT2D eigenvalue weighted by Gasteiger charge is 2.10. The average Bonchev–Trinajstić information content (AvgIpc) is 3.21. The minimum Gasteiger partial charge on any atom is -0.478 e. The lowest BCUT2D eigenvalue weighted by atomic mass is 10.0. The van der Waals surface area contributed by atoms with E-state index in [4.69, 9.17) is 33.3 Å². The number of aromatic nitrogens is 2. The van der Waals surface area contributed by atoms with Gasteiger partial charge in [-0.2, -0.15) is 0 Å². The molecule has 3 aromatic carbocycles. The Hall–Kier alpha value is -3.34. The average molecular weight is 463 g/mol. The van der Waals surface area contributed by atoms with E-state index in [1.165, 1.54) is 0 Å². The molecule has 4 aromatic rings. The van der Waals surface area contributed by atoms with E-state index in [-0.39, 0.29) is 5.56 Å². The van der Waals surface area contributed by atoms with Crippen molar-refractivity contribution in [3.05, 3.63) is 99.9 Å². The number of carbonyl (C=O) groups is 1. The summed E-state index contributed by atoms with van der Waals surface area (Å²) in [5, 5.41) is 10.2. The molecule has 0 fully saturated rings. The van der Waals surface area contributed by atoms with E-state index in [1.54, 1.807) is 24.3 Å². The number of carboxylic acid groups (broad SMARTS) is 1. The van der Waals surface area contributed by atoms with Gasteiger partial charge in [-0.3, -0.25) is 0 Å². The number of aromatic carboxylic acids is 1. The molecule has 0 aliphatic carbocycles. The lowest BCUT2D eigenvalue weighted by Crippen LogP contribution is -1.95. The van der Waals surface area contributed by atoms with Crippen molar-refractivity contribution in [1.29, 1.82) is 0 Å². The van der Waals surface area contributed by atoms with Crippen LogP contribution in [0.4, 0.5) is 0 Å². The molecule has 0 aliphatic heterocycles. The molecule has 160 valence electrons. The van der Waals surface area contributed by atoms with E-state index in [1.807, 2.05) is 60.8 Å². The van der Waals surface area contributed by atoms with Gasteiger partial charge in [0, 0.05) is 23.3 Å². The number of rotatable bonds is 6. The second-order valence-electron chi connectivity index (χ2n) is 7.23. The molecule has 32 heavy (non-hydrogen) atoms. The third-order valence-corrected chi connectivity index (χ3v) is 5.70. The van der Waals surface area contributed by atoms with Crippen LogP contribution in [-0.2, 0) is 6.54 Å². The number of aryl methyl sites for hydroxylation is 1. The molecule has 1 N–H and O–H groups in total. The molecule has 4 nitrogen and oxygen atoms in total. The molecule has 0 bridgehead atoms. The van der Waals surface area contributed by atoms with Crippen LogP contribution in [0.2, 0.25) is 10.0 Å². The SMILES string of the molecule is CCn1cc(-c2ccc(Cl)cc2Cl)nc1/C=C/c1ccc(-c2ccc(C(=O)O)cc2)cc1. The highest BCUT2D eigenvalue weighted by molar-refractivity contribution is 6.36. The maximum absolute atomic E-state index is 11.0. The summed E-state index contributed by atoms with van der Waals surface area (Å²) in [6, 6.07) is 20.3. The number of halogens is 2. The minimum absolute atomic E-state index is 0.277. The molecule has 6 heteroatoms. The maximum Gasteiger partial charge on any atom is 0.335 e. The Morgan fingerprint density at radius 1 is 0.969 bits per heavy atom. The summed E-state index contributed by atoms with van der Waals surface area (Å²) in [5.74, 6) is -0.0918. The highest BCUT2D eigenvalue weighted by Crippen LogP contribution is 2.30. The summed E-state index contributed by atoms with van der Waals surface area (Å²) >= 11 is 12.4. The molecule has 0 atom stereocenters. The first-order valence-electron chi connectivity index (χ1n) is 10.1. The van der Waals surface area contributed by atoms with Gasteiger partial charge in [-0.15, -0.1) is 0 Å². The van der Waals surface area contributed by atoms with Crippen LogP contribution in [0.3, 0.4) is 0 Å². The van der Waals surface area contributed by atoms with Gasteiger partial charge in [0.25, 0.3) is 0 Å². The first-order valence-corrected chi connectivity index (χ1v) is 10.8. The minimum atomic E-state index is -0.927.